The molecule has 4 aromatic carbocycles. The smallest absolute Gasteiger partial charge is 0.238 e. The van der Waals surface area contributed by atoms with Gasteiger partial charge in [0.2, 0.25) is 0 Å². The van der Waals surface area contributed by atoms with E-state index in [1.165, 1.54) is 6.07 Å². The Bertz CT molecular complexity index is 2440. The number of aryl methyl sites for hydroxylation is 1. The van der Waals surface area contributed by atoms with Gasteiger partial charge in [0.15, 0.2) is 5.69 Å². The van der Waals surface area contributed by atoms with Crippen LogP contribution in [-0.2, 0) is 6.18 Å². The van der Waals surface area contributed by atoms with Crippen molar-refractivity contribution in [2.75, 3.05) is 0 Å². The van der Waals surface area contributed by atoms with Gasteiger partial charge in [-0.3, -0.25) is 0 Å². The topological polar surface area (TPSA) is 84.4 Å². The van der Waals surface area contributed by atoms with E-state index >= 15 is 0 Å². The average molecular weight is 613 g/mol. The lowest BCUT2D eigenvalue weighted by Crippen LogP contribution is -2.08. The van der Waals surface area contributed by atoms with Crippen molar-refractivity contribution in [1.82, 2.24) is 0 Å². The Hall–Kier alpha value is -7.17. The fourth-order valence-electron chi connectivity index (χ4n) is 6.14. The fourth-order valence-corrected chi connectivity index (χ4v) is 6.14. The van der Waals surface area contributed by atoms with Crippen LogP contribution >= 0.6 is 0 Å². The Morgan fingerprint density at radius 2 is 1.11 bits per heavy atom. The van der Waals surface area contributed by atoms with Crippen LogP contribution in [-0.4, -0.2) is 0 Å². The number of nitrogens with zero attached hydrogens (tertiary/aromatic N) is 6. The summed E-state index contributed by atoms with van der Waals surface area (Å²) in [5.74, 6) is 0. The number of benzene rings is 4. The maximum absolute atomic E-state index is 13.8. The lowest BCUT2D eigenvalue weighted by molar-refractivity contribution is -0.137. The Morgan fingerprint density at radius 1 is 0.638 bits per heavy atom. The van der Waals surface area contributed by atoms with Crippen molar-refractivity contribution in [2.45, 2.75) is 13.1 Å². The Kier molecular flexibility index (Phi) is 7.04. The van der Waals surface area contributed by atoms with Gasteiger partial charge < -0.3 is 0 Å². The van der Waals surface area contributed by atoms with Crippen molar-refractivity contribution in [1.29, 1.82) is 15.8 Å². The van der Waals surface area contributed by atoms with Crippen LogP contribution in [0.15, 0.2) is 84.2 Å². The molecule has 0 heterocycles. The number of alkyl halides is 3. The first-order valence-corrected chi connectivity index (χ1v) is 13.8. The number of hydrogen-bond donors (Lipinski definition) is 0. The number of hydrogen-bond acceptors (Lipinski definition) is 3. The second kappa shape index (κ2) is 11.1. The molecule has 6 nitrogen and oxygen atoms in total. The molecule has 4 aromatic rings. The standard InChI is InChI=1S/C38H15F3N6/c1-20-13-21(9-12-31(20)45-2)22-7-10-26-28(14-22)34(32(18-43)46-3)37-27-11-8-23(15-29(27)35(36(26)37)33(19-44)47-4)24-5-6-25(17-42)30(16-24)38(39,40)41/h5-16H,1H3/b34-32+,35-33-. The van der Waals surface area contributed by atoms with E-state index in [-0.39, 0.29) is 22.5 Å². The molecule has 47 heavy (non-hydrogen) atoms. The predicted octanol–water partition coefficient (Wildman–Crippen LogP) is 10.0. The fraction of sp³-hybridized carbons (Fsp3) is 0.0526. The zero-order valence-corrected chi connectivity index (χ0v) is 24.2. The minimum Gasteiger partial charge on any atom is -0.238 e. The summed E-state index contributed by atoms with van der Waals surface area (Å²) < 4.78 is 41.3. The molecule has 0 fully saturated rings. The van der Waals surface area contributed by atoms with Crippen molar-refractivity contribution < 1.29 is 13.2 Å². The van der Waals surface area contributed by atoms with Gasteiger partial charge >= 0.3 is 6.18 Å². The van der Waals surface area contributed by atoms with Gasteiger partial charge in [-0.05, 0) is 92.4 Å². The molecule has 2 aliphatic carbocycles. The summed E-state index contributed by atoms with van der Waals surface area (Å²) in [5, 5.41) is 29.3. The molecule has 218 valence electrons. The Balaban J connectivity index is 1.61. The quantitative estimate of drug-likeness (QED) is 0.167. The molecule has 0 spiro atoms. The second-order valence-electron chi connectivity index (χ2n) is 10.6. The summed E-state index contributed by atoms with van der Waals surface area (Å²) in [6.45, 7) is 24.8. The maximum atomic E-state index is 13.8. The number of allylic oxidation sites excluding steroid dienone is 6. The van der Waals surface area contributed by atoms with Gasteiger partial charge in [-0.1, -0.05) is 48.5 Å². The molecule has 0 saturated carbocycles. The summed E-state index contributed by atoms with van der Waals surface area (Å²) >= 11 is 0. The third-order valence-electron chi connectivity index (χ3n) is 8.20. The molecule has 2 aliphatic rings. The third kappa shape index (κ3) is 4.62. The molecule has 0 saturated heterocycles. The highest BCUT2D eigenvalue weighted by Crippen LogP contribution is 2.60. The first-order chi connectivity index (χ1) is 22.6. The molecule has 6 rings (SSSR count). The molecular weight excluding hydrogens is 597 g/mol. The van der Waals surface area contributed by atoms with Gasteiger partial charge in [0.05, 0.1) is 49.1 Å². The van der Waals surface area contributed by atoms with E-state index in [4.69, 9.17) is 19.7 Å². The number of rotatable bonds is 2. The Labute approximate surface area is 267 Å². The van der Waals surface area contributed by atoms with Crippen molar-refractivity contribution in [3.05, 3.63) is 157 Å². The predicted molar refractivity (Wildman–Crippen MR) is 170 cm³/mol. The summed E-state index contributed by atoms with van der Waals surface area (Å²) in [5.41, 5.74) is 4.93. The number of nitriles is 3. The highest BCUT2D eigenvalue weighted by molar-refractivity contribution is 6.37. The second-order valence-corrected chi connectivity index (χ2v) is 10.6. The molecule has 0 aromatic heterocycles. The van der Waals surface area contributed by atoms with Crippen LogP contribution in [0.1, 0.15) is 38.9 Å². The molecule has 0 radical (unpaired) electrons. The van der Waals surface area contributed by atoms with E-state index in [1.807, 2.05) is 43.3 Å². The first-order valence-electron chi connectivity index (χ1n) is 13.8. The van der Waals surface area contributed by atoms with Gasteiger partial charge in [-0.15, -0.1) is 0 Å². The van der Waals surface area contributed by atoms with Crippen molar-refractivity contribution in [2.24, 2.45) is 0 Å². The normalized spacial score (nSPS) is 14.7. The number of halogens is 3. The van der Waals surface area contributed by atoms with Gasteiger partial charge in [-0.2, -0.15) is 18.4 Å². The van der Waals surface area contributed by atoms with Crippen LogP contribution < -0.4 is 0 Å². The van der Waals surface area contributed by atoms with Crippen molar-refractivity contribution in [3.63, 3.8) is 0 Å². The lowest BCUT2D eigenvalue weighted by Gasteiger charge is -2.16. The number of fused-ring (bicyclic) bond motifs is 4. The van der Waals surface area contributed by atoms with Crippen LogP contribution in [0.25, 0.3) is 59.1 Å². The van der Waals surface area contributed by atoms with E-state index in [2.05, 4.69) is 14.5 Å². The third-order valence-corrected chi connectivity index (χ3v) is 8.20. The summed E-state index contributed by atoms with van der Waals surface area (Å²) in [6.07, 6.45) is -4.77. The summed E-state index contributed by atoms with van der Waals surface area (Å²) in [6, 6.07) is 24.6. The molecule has 0 atom stereocenters. The summed E-state index contributed by atoms with van der Waals surface area (Å²) in [7, 11) is 0. The van der Waals surface area contributed by atoms with Gasteiger partial charge in [0.1, 0.15) is 0 Å². The zero-order valence-electron chi connectivity index (χ0n) is 24.2. The minimum absolute atomic E-state index is 0.172. The largest absolute Gasteiger partial charge is 0.417 e. The zero-order chi connectivity index (χ0) is 33.6. The van der Waals surface area contributed by atoms with Crippen LogP contribution in [0.4, 0.5) is 18.9 Å². The highest BCUT2D eigenvalue weighted by atomic mass is 19.4. The van der Waals surface area contributed by atoms with E-state index in [1.54, 1.807) is 36.4 Å². The van der Waals surface area contributed by atoms with Gasteiger partial charge in [-0.25, -0.2) is 25.1 Å². The summed E-state index contributed by atoms with van der Waals surface area (Å²) in [4.78, 5) is 10.5. The van der Waals surface area contributed by atoms with Crippen molar-refractivity contribution in [3.8, 4) is 40.5 Å². The van der Waals surface area contributed by atoms with E-state index in [0.29, 0.717) is 50.2 Å². The van der Waals surface area contributed by atoms with E-state index < -0.39 is 17.3 Å². The molecular formula is C38H15F3N6. The SMILES string of the molecule is [C-]#[N+]/C(C#N)=C1C2=C(/C(=C(\C#N)[N+]#[C-])c3cc(-c4ccc([N+]#[C-])c(C)c4)ccc32)c2ccc(-c3ccc(C#N)c(C(F)(F)F)c3)cc2\1. The molecule has 9 heteroatoms. The van der Waals surface area contributed by atoms with E-state index in [0.717, 1.165) is 28.8 Å². The molecule has 0 unspecified atom stereocenters. The molecule has 0 bridgehead atoms. The first kappa shape index (κ1) is 29.9. The molecule has 0 amide bonds. The van der Waals surface area contributed by atoms with Gasteiger partial charge in [0, 0.05) is 11.1 Å². The maximum Gasteiger partial charge on any atom is 0.417 e. The van der Waals surface area contributed by atoms with Crippen molar-refractivity contribution >= 4 is 28.0 Å². The van der Waals surface area contributed by atoms with Crippen LogP contribution in [0.5, 0.6) is 0 Å². The van der Waals surface area contributed by atoms with Crippen LogP contribution in [0, 0.1) is 60.6 Å². The Morgan fingerprint density at radius 3 is 1.53 bits per heavy atom. The van der Waals surface area contributed by atoms with Crippen LogP contribution in [0.3, 0.4) is 0 Å². The lowest BCUT2D eigenvalue weighted by atomic mass is 9.88. The average Bonchev–Trinajstić information content (AvgIpc) is 3.57. The van der Waals surface area contributed by atoms with Crippen LogP contribution in [0.2, 0.25) is 0 Å². The minimum atomic E-state index is -4.77. The van der Waals surface area contributed by atoms with E-state index in [9.17, 15) is 29.0 Å². The monoisotopic (exact) mass is 612 g/mol. The van der Waals surface area contributed by atoms with Gasteiger partial charge in [0.25, 0.3) is 11.4 Å². The highest BCUT2D eigenvalue weighted by Gasteiger charge is 2.40. The molecule has 0 aliphatic heterocycles. The molecule has 0 N–H and O–H groups in total.